The van der Waals surface area contributed by atoms with Crippen LogP contribution in [0.15, 0.2) is 4.99 Å². The van der Waals surface area contributed by atoms with E-state index in [0.717, 1.165) is 12.8 Å². The van der Waals surface area contributed by atoms with Crippen LogP contribution in [-0.4, -0.2) is 30.6 Å². The molecule has 0 atom stereocenters. The molecule has 1 aliphatic rings. The van der Waals surface area contributed by atoms with Gasteiger partial charge in [0, 0.05) is 19.0 Å². The van der Waals surface area contributed by atoms with Crippen molar-refractivity contribution in [3.8, 4) is 0 Å². The molecule has 19 heavy (non-hydrogen) atoms. The van der Waals surface area contributed by atoms with Crippen LogP contribution in [-0.2, 0) is 9.53 Å². The number of esters is 1. The summed E-state index contributed by atoms with van der Waals surface area (Å²) in [5.74, 6) is 0.335. The predicted molar refractivity (Wildman–Crippen MR) is 87.8 cm³/mol. The van der Waals surface area contributed by atoms with Gasteiger partial charge in [-0.3, -0.25) is 9.79 Å². The molecule has 0 saturated heterocycles. The molecule has 0 aromatic carbocycles. The average Bonchev–Trinajstić information content (AvgIpc) is 2.76. The quantitative estimate of drug-likeness (QED) is 0.242. The maximum atomic E-state index is 11.5. The number of nitrogens with one attached hydrogen (secondary N) is 1. The van der Waals surface area contributed by atoms with Crippen molar-refractivity contribution in [2.75, 3.05) is 6.54 Å². The summed E-state index contributed by atoms with van der Waals surface area (Å²) in [7, 11) is 0. The highest BCUT2D eigenvalue weighted by Gasteiger charge is 2.18. The lowest BCUT2D eigenvalue weighted by molar-refractivity contribution is -0.148. The second kappa shape index (κ2) is 10.3. The van der Waals surface area contributed by atoms with Crippen molar-refractivity contribution in [3.63, 3.8) is 0 Å². The van der Waals surface area contributed by atoms with Crippen LogP contribution in [0.5, 0.6) is 0 Å². The molecule has 0 aromatic rings. The summed E-state index contributed by atoms with van der Waals surface area (Å²) < 4.78 is 5.35. The molecular weight excluding hydrogens is 357 g/mol. The average molecular weight is 383 g/mol. The van der Waals surface area contributed by atoms with E-state index >= 15 is 0 Å². The molecule has 1 rings (SSSR count). The van der Waals surface area contributed by atoms with Crippen molar-refractivity contribution in [3.05, 3.63) is 0 Å². The van der Waals surface area contributed by atoms with E-state index in [2.05, 4.69) is 10.3 Å². The number of hydrogen-bond acceptors (Lipinski definition) is 3. The summed E-state index contributed by atoms with van der Waals surface area (Å²) in [5, 5.41) is 3.00. The number of nitrogens with zero attached hydrogens (tertiary/aromatic N) is 1. The maximum absolute atomic E-state index is 11.5. The minimum absolute atomic E-state index is 0. The van der Waals surface area contributed by atoms with Crippen LogP contribution in [0, 0.1) is 0 Å². The summed E-state index contributed by atoms with van der Waals surface area (Å²) in [6, 6.07) is 0.279. The van der Waals surface area contributed by atoms with Gasteiger partial charge in [-0.2, -0.15) is 0 Å². The first-order valence-electron chi connectivity index (χ1n) is 6.84. The van der Waals surface area contributed by atoms with Crippen molar-refractivity contribution in [2.45, 2.75) is 64.5 Å². The Hall–Kier alpha value is -0.530. The minimum Gasteiger partial charge on any atom is -0.462 e. The highest BCUT2D eigenvalue weighted by atomic mass is 127. The molecule has 0 unspecified atom stereocenters. The van der Waals surface area contributed by atoms with Crippen LogP contribution in [0.1, 0.15) is 52.4 Å². The molecule has 0 aliphatic heterocycles. The van der Waals surface area contributed by atoms with Crippen LogP contribution in [0.25, 0.3) is 0 Å². The summed E-state index contributed by atoms with van der Waals surface area (Å²) >= 11 is 0. The first-order valence-corrected chi connectivity index (χ1v) is 6.84. The number of ether oxygens (including phenoxy) is 1. The van der Waals surface area contributed by atoms with Gasteiger partial charge in [0.2, 0.25) is 0 Å². The van der Waals surface area contributed by atoms with Gasteiger partial charge in [-0.1, -0.05) is 0 Å². The normalized spacial score (nSPS) is 16.3. The van der Waals surface area contributed by atoms with Crippen LogP contribution in [0.4, 0.5) is 0 Å². The number of carbonyl (C=O) groups is 1. The third kappa shape index (κ3) is 9.07. The lowest BCUT2D eigenvalue weighted by atomic mass is 10.3. The predicted octanol–water partition coefficient (Wildman–Crippen LogP) is 2.18. The van der Waals surface area contributed by atoms with Crippen molar-refractivity contribution in [2.24, 2.45) is 10.7 Å². The zero-order valence-electron chi connectivity index (χ0n) is 11.9. The van der Waals surface area contributed by atoms with E-state index in [0.29, 0.717) is 25.3 Å². The van der Waals surface area contributed by atoms with Crippen LogP contribution >= 0.6 is 24.0 Å². The SMILES string of the molecule is CC(C)NC(N)=NCCCC(=O)OC1CCCC1.I. The zero-order valence-corrected chi connectivity index (χ0v) is 14.2. The van der Waals surface area contributed by atoms with E-state index in [1.165, 1.54) is 12.8 Å². The molecule has 112 valence electrons. The van der Waals surface area contributed by atoms with E-state index < -0.39 is 0 Å². The van der Waals surface area contributed by atoms with Gasteiger partial charge in [0.25, 0.3) is 0 Å². The minimum atomic E-state index is -0.104. The molecule has 3 N–H and O–H groups in total. The zero-order chi connectivity index (χ0) is 13.4. The van der Waals surface area contributed by atoms with E-state index in [1.54, 1.807) is 0 Å². The lowest BCUT2D eigenvalue weighted by Gasteiger charge is -2.11. The van der Waals surface area contributed by atoms with Gasteiger partial charge < -0.3 is 15.8 Å². The van der Waals surface area contributed by atoms with Gasteiger partial charge in [-0.15, -0.1) is 24.0 Å². The molecule has 0 spiro atoms. The summed E-state index contributed by atoms with van der Waals surface area (Å²) in [6.07, 6.45) is 5.68. The number of nitrogens with two attached hydrogens (primary N) is 1. The van der Waals surface area contributed by atoms with Crippen molar-refractivity contribution in [1.29, 1.82) is 0 Å². The molecule has 1 fully saturated rings. The van der Waals surface area contributed by atoms with E-state index in [1.807, 2.05) is 13.8 Å². The van der Waals surface area contributed by atoms with E-state index in [-0.39, 0.29) is 42.1 Å². The van der Waals surface area contributed by atoms with Crippen LogP contribution < -0.4 is 11.1 Å². The van der Waals surface area contributed by atoms with Gasteiger partial charge >= 0.3 is 5.97 Å². The standard InChI is InChI=1S/C13H25N3O2.HI/c1-10(2)16-13(14)15-9-5-8-12(17)18-11-6-3-4-7-11;/h10-11H,3-9H2,1-2H3,(H3,14,15,16);1H. The molecular formula is C13H26IN3O2. The fourth-order valence-corrected chi connectivity index (χ4v) is 2.02. The number of hydrogen-bond donors (Lipinski definition) is 2. The Morgan fingerprint density at radius 1 is 1.42 bits per heavy atom. The van der Waals surface area contributed by atoms with Crippen molar-refractivity contribution < 1.29 is 9.53 Å². The van der Waals surface area contributed by atoms with E-state index in [4.69, 9.17) is 10.5 Å². The fourth-order valence-electron chi connectivity index (χ4n) is 2.02. The van der Waals surface area contributed by atoms with Gasteiger partial charge in [-0.05, 0) is 46.0 Å². The summed E-state index contributed by atoms with van der Waals surface area (Å²) in [6.45, 7) is 4.56. The molecule has 5 nitrogen and oxygen atoms in total. The molecule has 6 heteroatoms. The number of carbonyl (C=O) groups excluding carboxylic acids is 1. The number of guanidine groups is 1. The summed E-state index contributed by atoms with van der Waals surface area (Å²) in [5.41, 5.74) is 5.65. The van der Waals surface area contributed by atoms with E-state index in [9.17, 15) is 4.79 Å². The van der Waals surface area contributed by atoms with Crippen LogP contribution in [0.2, 0.25) is 0 Å². The molecule has 0 heterocycles. The third-order valence-corrected chi connectivity index (χ3v) is 2.86. The molecule has 1 saturated carbocycles. The Labute approximate surface area is 132 Å². The topological polar surface area (TPSA) is 76.7 Å². The number of aliphatic imine (C=N–C) groups is 1. The first-order chi connectivity index (χ1) is 8.58. The highest BCUT2D eigenvalue weighted by molar-refractivity contribution is 14.0. The first kappa shape index (κ1) is 18.5. The van der Waals surface area contributed by atoms with Gasteiger partial charge in [-0.25, -0.2) is 0 Å². The highest BCUT2D eigenvalue weighted by Crippen LogP contribution is 2.21. The fraction of sp³-hybridized carbons (Fsp3) is 0.846. The van der Waals surface area contributed by atoms with Crippen molar-refractivity contribution in [1.82, 2.24) is 5.32 Å². The van der Waals surface area contributed by atoms with Crippen molar-refractivity contribution >= 4 is 35.9 Å². The Balaban J connectivity index is 0.00000324. The molecule has 0 radical (unpaired) electrons. The van der Waals surface area contributed by atoms with Gasteiger partial charge in [0.15, 0.2) is 5.96 Å². The number of rotatable bonds is 6. The summed E-state index contributed by atoms with van der Waals surface area (Å²) in [4.78, 5) is 15.6. The Morgan fingerprint density at radius 2 is 2.05 bits per heavy atom. The molecule has 1 aliphatic carbocycles. The van der Waals surface area contributed by atoms with Crippen LogP contribution in [0.3, 0.4) is 0 Å². The Bertz CT molecular complexity index is 290. The Morgan fingerprint density at radius 3 is 2.63 bits per heavy atom. The smallest absolute Gasteiger partial charge is 0.306 e. The third-order valence-electron chi connectivity index (χ3n) is 2.86. The second-order valence-electron chi connectivity index (χ2n) is 5.07. The molecule has 0 bridgehead atoms. The Kier molecular flexibility index (Phi) is 9.99. The largest absolute Gasteiger partial charge is 0.462 e. The molecule has 0 aromatic heterocycles. The molecule has 0 amide bonds. The van der Waals surface area contributed by atoms with Gasteiger partial charge in [0.05, 0.1) is 0 Å². The monoisotopic (exact) mass is 383 g/mol. The second-order valence-corrected chi connectivity index (χ2v) is 5.07. The number of halogens is 1. The lowest BCUT2D eigenvalue weighted by Crippen LogP contribution is -2.36. The maximum Gasteiger partial charge on any atom is 0.306 e. The van der Waals surface area contributed by atoms with Gasteiger partial charge in [0.1, 0.15) is 6.10 Å².